The quantitative estimate of drug-likeness (QED) is 0.763. The first-order valence-corrected chi connectivity index (χ1v) is 7.55. The minimum Gasteiger partial charge on any atom is -0.493 e. The molecule has 1 aromatic carbocycles. The molecule has 23 heavy (non-hydrogen) atoms. The lowest BCUT2D eigenvalue weighted by Crippen LogP contribution is -2.03. The van der Waals surface area contributed by atoms with Gasteiger partial charge in [0.05, 0.1) is 28.3 Å². The Morgan fingerprint density at radius 2 is 2.00 bits per heavy atom. The lowest BCUT2D eigenvalue weighted by molar-refractivity contribution is 0.341. The average molecular weight is 330 g/mol. The van der Waals surface area contributed by atoms with E-state index in [1.807, 2.05) is 31.2 Å². The third kappa shape index (κ3) is 2.85. The molecule has 0 spiro atoms. The Kier molecular flexibility index (Phi) is 4.16. The topological polar surface area (TPSA) is 86.0 Å². The number of nitrogens with two attached hydrogens (primary N) is 1. The summed E-state index contributed by atoms with van der Waals surface area (Å²) in [4.78, 5) is 12.9. The molecule has 0 aliphatic rings. The summed E-state index contributed by atoms with van der Waals surface area (Å²) in [6, 6.07) is 9.27. The highest BCUT2D eigenvalue weighted by molar-refractivity contribution is 6.33. The van der Waals surface area contributed by atoms with E-state index in [-0.39, 0.29) is 5.95 Å². The average Bonchev–Trinajstić information content (AvgIpc) is 2.54. The van der Waals surface area contributed by atoms with Gasteiger partial charge in [0.2, 0.25) is 5.95 Å². The van der Waals surface area contributed by atoms with Crippen LogP contribution in [-0.4, -0.2) is 28.6 Å². The van der Waals surface area contributed by atoms with Crippen molar-refractivity contribution in [1.82, 2.24) is 15.0 Å². The number of nitrogens with one attached hydrogen (secondary N) is 1. The van der Waals surface area contributed by atoms with Crippen molar-refractivity contribution in [2.45, 2.75) is 6.92 Å². The van der Waals surface area contributed by atoms with Crippen molar-refractivity contribution >= 4 is 34.4 Å². The normalized spacial score (nSPS) is 10.7. The second-order valence-corrected chi connectivity index (χ2v) is 5.20. The summed E-state index contributed by atoms with van der Waals surface area (Å²) in [6.07, 6.45) is 0. The third-order valence-electron chi connectivity index (χ3n) is 3.35. The van der Waals surface area contributed by atoms with Crippen molar-refractivity contribution < 1.29 is 4.74 Å². The van der Waals surface area contributed by atoms with Crippen LogP contribution in [0.4, 0.5) is 11.8 Å². The molecule has 0 aliphatic heterocycles. The standard InChI is InChI=1S/C16H16ClN5O/c1-3-23-12-6-4-5-10(17)13(12)11-8-7-9-14(19-2)21-16(18)22-15(9)20-11/h4-8H,3H2,1-2H3,(H3,18,19,20,21,22). The molecule has 0 unspecified atom stereocenters. The maximum absolute atomic E-state index is 6.35. The van der Waals surface area contributed by atoms with Gasteiger partial charge in [0, 0.05) is 7.05 Å². The molecule has 0 fully saturated rings. The van der Waals surface area contributed by atoms with Crippen LogP contribution in [0.25, 0.3) is 22.3 Å². The molecule has 0 bridgehead atoms. The molecular weight excluding hydrogens is 314 g/mol. The van der Waals surface area contributed by atoms with E-state index in [9.17, 15) is 0 Å². The van der Waals surface area contributed by atoms with Crippen molar-refractivity contribution in [2.75, 3.05) is 24.7 Å². The second-order valence-electron chi connectivity index (χ2n) is 4.79. The van der Waals surface area contributed by atoms with Crippen molar-refractivity contribution in [2.24, 2.45) is 0 Å². The van der Waals surface area contributed by atoms with Crippen molar-refractivity contribution in [3.8, 4) is 17.0 Å². The predicted molar refractivity (Wildman–Crippen MR) is 92.9 cm³/mol. The number of rotatable bonds is 4. The summed E-state index contributed by atoms with van der Waals surface area (Å²) in [5, 5.41) is 4.35. The SMILES string of the molecule is CCOc1cccc(Cl)c1-c1ccc2c(NC)nc(N)nc2n1. The van der Waals surface area contributed by atoms with Gasteiger partial charge in [0.1, 0.15) is 11.6 Å². The van der Waals surface area contributed by atoms with E-state index < -0.39 is 0 Å². The maximum atomic E-state index is 6.35. The second kappa shape index (κ2) is 6.26. The van der Waals surface area contributed by atoms with E-state index in [4.69, 9.17) is 22.1 Å². The molecule has 3 aromatic rings. The summed E-state index contributed by atoms with van der Waals surface area (Å²) in [7, 11) is 1.77. The van der Waals surface area contributed by atoms with Crippen molar-refractivity contribution in [1.29, 1.82) is 0 Å². The van der Waals surface area contributed by atoms with E-state index in [2.05, 4.69) is 20.3 Å². The minimum absolute atomic E-state index is 0.163. The Morgan fingerprint density at radius 1 is 1.17 bits per heavy atom. The van der Waals surface area contributed by atoms with Gasteiger partial charge in [-0.2, -0.15) is 9.97 Å². The lowest BCUT2D eigenvalue weighted by Gasteiger charge is -2.12. The number of nitrogen functional groups attached to an aromatic ring is 1. The van der Waals surface area contributed by atoms with Gasteiger partial charge in [-0.3, -0.25) is 0 Å². The van der Waals surface area contributed by atoms with Crippen LogP contribution in [0.15, 0.2) is 30.3 Å². The van der Waals surface area contributed by atoms with Crippen molar-refractivity contribution in [3.63, 3.8) is 0 Å². The van der Waals surface area contributed by atoms with Crippen LogP contribution in [0.2, 0.25) is 5.02 Å². The smallest absolute Gasteiger partial charge is 0.224 e. The first-order valence-electron chi connectivity index (χ1n) is 7.17. The zero-order valence-electron chi connectivity index (χ0n) is 12.8. The fourth-order valence-corrected chi connectivity index (χ4v) is 2.65. The van der Waals surface area contributed by atoms with E-state index >= 15 is 0 Å². The summed E-state index contributed by atoms with van der Waals surface area (Å²) in [5.74, 6) is 1.48. The van der Waals surface area contributed by atoms with Crippen LogP contribution in [0, 0.1) is 0 Å². The number of hydrogen-bond acceptors (Lipinski definition) is 6. The molecule has 0 amide bonds. The predicted octanol–water partition coefficient (Wildman–Crippen LogP) is 3.37. The molecule has 0 aliphatic carbocycles. The van der Waals surface area contributed by atoms with Gasteiger partial charge in [0.15, 0.2) is 5.65 Å². The molecule has 2 aromatic heterocycles. The third-order valence-corrected chi connectivity index (χ3v) is 3.66. The number of hydrogen-bond donors (Lipinski definition) is 2. The van der Waals surface area contributed by atoms with Gasteiger partial charge < -0.3 is 15.8 Å². The first-order chi connectivity index (χ1) is 11.1. The summed E-state index contributed by atoms with van der Waals surface area (Å²) in [5.41, 5.74) is 7.66. The van der Waals surface area contributed by atoms with Gasteiger partial charge >= 0.3 is 0 Å². The molecular formula is C16H16ClN5O. The fraction of sp³-hybridized carbons (Fsp3) is 0.188. The number of benzene rings is 1. The zero-order chi connectivity index (χ0) is 16.4. The number of nitrogens with zero attached hydrogens (tertiary/aromatic N) is 3. The molecule has 0 atom stereocenters. The number of fused-ring (bicyclic) bond motifs is 1. The summed E-state index contributed by atoms with van der Waals surface area (Å²) in [6.45, 7) is 2.46. The van der Waals surface area contributed by atoms with Gasteiger partial charge in [0.25, 0.3) is 0 Å². The van der Waals surface area contributed by atoms with Gasteiger partial charge in [-0.1, -0.05) is 17.7 Å². The largest absolute Gasteiger partial charge is 0.493 e. The Morgan fingerprint density at radius 3 is 2.74 bits per heavy atom. The molecule has 0 saturated heterocycles. The van der Waals surface area contributed by atoms with Crippen LogP contribution in [0.3, 0.4) is 0 Å². The summed E-state index contributed by atoms with van der Waals surface area (Å²) < 4.78 is 5.66. The van der Waals surface area contributed by atoms with Gasteiger partial charge in [-0.25, -0.2) is 4.98 Å². The zero-order valence-corrected chi connectivity index (χ0v) is 13.6. The molecule has 3 rings (SSSR count). The fourth-order valence-electron chi connectivity index (χ4n) is 2.39. The van der Waals surface area contributed by atoms with Crippen LogP contribution >= 0.6 is 11.6 Å². The highest BCUT2D eigenvalue weighted by Crippen LogP contribution is 2.36. The highest BCUT2D eigenvalue weighted by Gasteiger charge is 2.14. The lowest BCUT2D eigenvalue weighted by atomic mass is 10.1. The van der Waals surface area contributed by atoms with E-state index in [1.165, 1.54) is 0 Å². The molecule has 2 heterocycles. The van der Waals surface area contributed by atoms with Gasteiger partial charge in [-0.15, -0.1) is 0 Å². The molecule has 7 heteroatoms. The molecule has 0 saturated carbocycles. The number of halogens is 1. The Bertz CT molecular complexity index is 868. The van der Waals surface area contributed by atoms with Gasteiger partial charge in [-0.05, 0) is 31.2 Å². The number of aromatic nitrogens is 3. The van der Waals surface area contributed by atoms with Crippen LogP contribution in [-0.2, 0) is 0 Å². The molecule has 0 radical (unpaired) electrons. The first kappa shape index (κ1) is 15.3. The summed E-state index contributed by atoms with van der Waals surface area (Å²) >= 11 is 6.35. The van der Waals surface area contributed by atoms with Crippen LogP contribution < -0.4 is 15.8 Å². The maximum Gasteiger partial charge on any atom is 0.224 e. The van der Waals surface area contributed by atoms with E-state index in [0.29, 0.717) is 34.5 Å². The Hall–Kier alpha value is -2.60. The molecule has 118 valence electrons. The number of ether oxygens (including phenoxy) is 1. The van der Waals surface area contributed by atoms with E-state index in [0.717, 1.165) is 10.9 Å². The number of anilines is 2. The minimum atomic E-state index is 0.163. The molecule has 3 N–H and O–H groups in total. The van der Waals surface area contributed by atoms with Crippen LogP contribution in [0.5, 0.6) is 5.75 Å². The number of pyridine rings is 1. The van der Waals surface area contributed by atoms with Crippen LogP contribution in [0.1, 0.15) is 6.92 Å². The highest BCUT2D eigenvalue weighted by atomic mass is 35.5. The van der Waals surface area contributed by atoms with E-state index in [1.54, 1.807) is 13.1 Å². The van der Waals surface area contributed by atoms with Crippen molar-refractivity contribution in [3.05, 3.63) is 35.4 Å². The Labute approximate surface area is 138 Å². The Balaban J connectivity index is 2.22. The molecule has 6 nitrogen and oxygen atoms in total. The monoisotopic (exact) mass is 329 g/mol.